The van der Waals surface area contributed by atoms with Gasteiger partial charge in [-0.15, -0.1) is 0 Å². The molecule has 192 valence electrons. The molecule has 1 N–H and O–H groups in total. The molecule has 4 aromatic rings. The highest BCUT2D eigenvalue weighted by Gasteiger charge is 2.19. The number of nitrogens with zero attached hydrogens (tertiary/aromatic N) is 2. The number of nitriles is 1. The molecule has 0 saturated carbocycles. The van der Waals surface area contributed by atoms with Gasteiger partial charge in [-0.3, -0.25) is 4.79 Å². The van der Waals surface area contributed by atoms with Crippen LogP contribution in [0.1, 0.15) is 22.3 Å². The minimum absolute atomic E-state index is 0.109. The fourth-order valence-electron chi connectivity index (χ4n) is 4.03. The summed E-state index contributed by atoms with van der Waals surface area (Å²) in [5.41, 5.74) is 7.50. The molecule has 0 unspecified atom stereocenters. The molecule has 1 heterocycles. The Balaban J connectivity index is 1.74. The Labute approximate surface area is 227 Å². The summed E-state index contributed by atoms with van der Waals surface area (Å²) in [7, 11) is 3.16. The Morgan fingerprint density at radius 2 is 1.58 bits per heavy atom. The summed E-state index contributed by atoms with van der Waals surface area (Å²) in [6, 6.07) is 23.8. The van der Waals surface area contributed by atoms with E-state index in [1.54, 1.807) is 14.2 Å². The van der Waals surface area contributed by atoms with Crippen LogP contribution in [-0.4, -0.2) is 30.9 Å². The van der Waals surface area contributed by atoms with Gasteiger partial charge in [-0.25, -0.2) is 4.98 Å². The van der Waals surface area contributed by atoms with Gasteiger partial charge >= 0.3 is 0 Å². The zero-order chi connectivity index (χ0) is 27.2. The van der Waals surface area contributed by atoms with Crippen LogP contribution in [0.2, 0.25) is 0 Å². The van der Waals surface area contributed by atoms with E-state index in [-0.39, 0.29) is 11.7 Å². The van der Waals surface area contributed by atoms with Crippen molar-refractivity contribution < 1.29 is 14.3 Å². The molecule has 0 saturated heterocycles. The molecule has 4 rings (SSSR count). The second-order valence-electron chi connectivity index (χ2n) is 8.94. The van der Waals surface area contributed by atoms with Crippen molar-refractivity contribution in [1.29, 1.82) is 5.26 Å². The molecular formula is C31H29N3O3S. The highest BCUT2D eigenvalue weighted by molar-refractivity contribution is 8.00. The number of thioether (sulfide) groups is 1. The number of carbonyl (C=O) groups excluding carboxylic acids is 1. The lowest BCUT2D eigenvalue weighted by Crippen LogP contribution is -2.15. The Morgan fingerprint density at radius 1 is 0.895 bits per heavy atom. The summed E-state index contributed by atoms with van der Waals surface area (Å²) in [6.07, 6.45) is 0. The minimum atomic E-state index is -0.164. The van der Waals surface area contributed by atoms with E-state index in [2.05, 4.69) is 11.4 Å². The number of nitrogens with one attached hydrogen (secondary N) is 1. The van der Waals surface area contributed by atoms with Gasteiger partial charge in [0.2, 0.25) is 5.91 Å². The van der Waals surface area contributed by atoms with Crippen LogP contribution in [0, 0.1) is 32.1 Å². The van der Waals surface area contributed by atoms with Crippen molar-refractivity contribution in [2.45, 2.75) is 25.8 Å². The molecule has 0 atom stereocenters. The molecular weight excluding hydrogens is 494 g/mol. The zero-order valence-electron chi connectivity index (χ0n) is 22.1. The fraction of sp³-hybridized carbons (Fsp3) is 0.194. The first-order valence-electron chi connectivity index (χ1n) is 12.1. The first kappa shape index (κ1) is 26.8. The van der Waals surface area contributed by atoms with E-state index < -0.39 is 0 Å². The van der Waals surface area contributed by atoms with Crippen molar-refractivity contribution in [3.05, 3.63) is 89.0 Å². The van der Waals surface area contributed by atoms with Crippen LogP contribution in [0.5, 0.6) is 11.5 Å². The van der Waals surface area contributed by atoms with Gasteiger partial charge < -0.3 is 14.8 Å². The van der Waals surface area contributed by atoms with Crippen LogP contribution in [-0.2, 0) is 4.79 Å². The third-order valence-electron chi connectivity index (χ3n) is 6.15. The molecule has 3 aromatic carbocycles. The number of aromatic nitrogens is 1. The van der Waals surface area contributed by atoms with E-state index in [1.807, 2.05) is 87.5 Å². The van der Waals surface area contributed by atoms with Crippen molar-refractivity contribution in [3.8, 4) is 40.0 Å². The molecule has 7 heteroatoms. The smallest absolute Gasteiger partial charge is 0.234 e. The zero-order valence-corrected chi connectivity index (χ0v) is 22.9. The molecule has 38 heavy (non-hydrogen) atoms. The van der Waals surface area contributed by atoms with E-state index >= 15 is 0 Å². The first-order chi connectivity index (χ1) is 18.3. The summed E-state index contributed by atoms with van der Waals surface area (Å²) in [6.45, 7) is 5.97. The van der Waals surface area contributed by atoms with Gasteiger partial charge in [0, 0.05) is 16.8 Å². The maximum atomic E-state index is 12.9. The highest BCUT2D eigenvalue weighted by Crippen LogP contribution is 2.38. The van der Waals surface area contributed by atoms with Gasteiger partial charge in [0.15, 0.2) is 11.5 Å². The third-order valence-corrected chi connectivity index (χ3v) is 7.12. The van der Waals surface area contributed by atoms with Gasteiger partial charge in [-0.05, 0) is 61.7 Å². The molecule has 1 amide bonds. The van der Waals surface area contributed by atoms with Gasteiger partial charge in [-0.2, -0.15) is 5.26 Å². The number of rotatable bonds is 8. The van der Waals surface area contributed by atoms with E-state index in [4.69, 9.17) is 14.5 Å². The number of hydrogen-bond acceptors (Lipinski definition) is 6. The fourth-order valence-corrected chi connectivity index (χ4v) is 4.83. The second kappa shape index (κ2) is 11.8. The van der Waals surface area contributed by atoms with Gasteiger partial charge in [0.25, 0.3) is 0 Å². The summed E-state index contributed by atoms with van der Waals surface area (Å²) >= 11 is 1.25. The number of hydrogen-bond donors (Lipinski definition) is 1. The number of pyridine rings is 1. The van der Waals surface area contributed by atoms with Crippen LogP contribution >= 0.6 is 11.8 Å². The Kier molecular flexibility index (Phi) is 8.35. The molecule has 0 spiro atoms. The van der Waals surface area contributed by atoms with E-state index in [9.17, 15) is 10.1 Å². The largest absolute Gasteiger partial charge is 0.493 e. The lowest BCUT2D eigenvalue weighted by atomic mass is 9.98. The summed E-state index contributed by atoms with van der Waals surface area (Å²) < 4.78 is 10.9. The molecule has 0 fully saturated rings. The van der Waals surface area contributed by atoms with Crippen LogP contribution in [0.15, 0.2) is 71.8 Å². The topological polar surface area (TPSA) is 84.2 Å². The van der Waals surface area contributed by atoms with Crippen LogP contribution in [0.3, 0.4) is 0 Å². The SMILES string of the molecule is COc1ccc(-c2cc(-c3ccc(C)cc3)nc(SCC(=O)Nc3cc(C)ccc3C)c2C#N)cc1OC. The molecule has 0 radical (unpaired) electrons. The number of amides is 1. The Bertz CT molecular complexity index is 1530. The highest BCUT2D eigenvalue weighted by atomic mass is 32.2. The average Bonchev–Trinajstić information content (AvgIpc) is 2.93. The van der Waals surface area contributed by atoms with E-state index in [0.29, 0.717) is 33.3 Å². The quantitative estimate of drug-likeness (QED) is 0.251. The second-order valence-corrected chi connectivity index (χ2v) is 9.90. The monoisotopic (exact) mass is 523 g/mol. The average molecular weight is 524 g/mol. The number of ether oxygens (including phenoxy) is 2. The maximum absolute atomic E-state index is 12.9. The molecule has 0 aliphatic heterocycles. The van der Waals surface area contributed by atoms with Crippen molar-refractivity contribution in [2.24, 2.45) is 0 Å². The minimum Gasteiger partial charge on any atom is -0.493 e. The lowest BCUT2D eigenvalue weighted by molar-refractivity contribution is -0.113. The molecule has 0 bridgehead atoms. The van der Waals surface area contributed by atoms with Gasteiger partial charge in [0.05, 0.1) is 31.2 Å². The number of carbonyl (C=O) groups is 1. The van der Waals surface area contributed by atoms with E-state index in [0.717, 1.165) is 33.5 Å². The summed E-state index contributed by atoms with van der Waals surface area (Å²) in [5.74, 6) is 1.10. The van der Waals surface area contributed by atoms with Crippen LogP contribution in [0.4, 0.5) is 5.69 Å². The molecule has 0 aliphatic carbocycles. The molecule has 1 aromatic heterocycles. The predicted molar refractivity (Wildman–Crippen MR) is 153 cm³/mol. The number of anilines is 1. The normalized spacial score (nSPS) is 10.5. The third kappa shape index (κ3) is 5.99. The first-order valence-corrected chi connectivity index (χ1v) is 13.1. The van der Waals surface area contributed by atoms with E-state index in [1.165, 1.54) is 11.8 Å². The molecule has 0 aliphatic rings. The van der Waals surface area contributed by atoms with Crippen LogP contribution in [0.25, 0.3) is 22.4 Å². The number of aryl methyl sites for hydroxylation is 3. The van der Waals surface area contributed by atoms with Crippen molar-refractivity contribution >= 4 is 23.4 Å². The van der Waals surface area contributed by atoms with Gasteiger partial charge in [0.1, 0.15) is 11.1 Å². The van der Waals surface area contributed by atoms with Crippen molar-refractivity contribution in [2.75, 3.05) is 25.3 Å². The summed E-state index contributed by atoms with van der Waals surface area (Å²) in [5, 5.41) is 13.7. The number of methoxy groups -OCH3 is 2. The standard InChI is InChI=1S/C31H29N3O3S/c1-19-7-10-22(11-8-19)27-16-24(23-12-13-28(36-4)29(15-23)37-5)25(17-32)31(34-27)38-18-30(35)33-26-14-20(2)6-9-21(26)3/h6-16H,18H2,1-5H3,(H,33,35). The predicted octanol–water partition coefficient (Wildman–Crippen LogP) is 6.96. The molecule has 6 nitrogen and oxygen atoms in total. The Hall–Kier alpha value is -4.28. The van der Waals surface area contributed by atoms with Gasteiger partial charge in [-0.1, -0.05) is 59.8 Å². The van der Waals surface area contributed by atoms with Crippen molar-refractivity contribution in [1.82, 2.24) is 4.98 Å². The Morgan fingerprint density at radius 3 is 2.26 bits per heavy atom. The van der Waals surface area contributed by atoms with Crippen LogP contribution < -0.4 is 14.8 Å². The van der Waals surface area contributed by atoms with Crippen molar-refractivity contribution in [3.63, 3.8) is 0 Å². The maximum Gasteiger partial charge on any atom is 0.234 e. The summed E-state index contributed by atoms with van der Waals surface area (Å²) in [4.78, 5) is 17.7. The lowest BCUT2D eigenvalue weighted by Gasteiger charge is -2.15. The number of benzene rings is 3.